The average Bonchev–Trinajstić information content (AvgIpc) is 3.25. The Bertz CT molecular complexity index is 1170. The van der Waals surface area contributed by atoms with E-state index in [1.54, 1.807) is 36.4 Å². The number of carbonyl (C=O) groups excluding carboxylic acids is 1. The van der Waals surface area contributed by atoms with Gasteiger partial charge >= 0.3 is 0 Å². The van der Waals surface area contributed by atoms with Crippen LogP contribution in [0.3, 0.4) is 0 Å². The molecule has 2 N–H and O–H groups in total. The third-order valence-corrected chi connectivity index (χ3v) is 6.02. The van der Waals surface area contributed by atoms with Gasteiger partial charge in [0.15, 0.2) is 11.6 Å². The molecule has 0 saturated heterocycles. The van der Waals surface area contributed by atoms with Crippen LogP contribution in [0, 0.1) is 5.41 Å². The number of rotatable bonds is 12. The molecule has 9 nitrogen and oxygen atoms in total. The molecule has 2 aromatic rings. The van der Waals surface area contributed by atoms with Crippen molar-refractivity contribution in [3.8, 4) is 5.75 Å². The summed E-state index contributed by atoms with van der Waals surface area (Å²) in [7, 11) is 0. The summed E-state index contributed by atoms with van der Waals surface area (Å²) in [5, 5.41) is 15.8. The number of benzene rings is 2. The van der Waals surface area contributed by atoms with Gasteiger partial charge in [-0.1, -0.05) is 56.2 Å². The molecule has 0 radical (unpaired) electrons. The van der Waals surface area contributed by atoms with Crippen LogP contribution in [-0.2, 0) is 9.53 Å². The van der Waals surface area contributed by atoms with Gasteiger partial charge in [-0.3, -0.25) is 4.79 Å². The van der Waals surface area contributed by atoms with Crippen LogP contribution in [0.2, 0.25) is 0 Å². The van der Waals surface area contributed by atoms with Crippen molar-refractivity contribution in [2.24, 2.45) is 15.5 Å². The fourth-order valence-corrected chi connectivity index (χ4v) is 4.06. The van der Waals surface area contributed by atoms with E-state index in [2.05, 4.69) is 42.7 Å². The lowest BCUT2D eigenvalue weighted by Gasteiger charge is -2.31. The maximum atomic E-state index is 13.8. The summed E-state index contributed by atoms with van der Waals surface area (Å²) in [4.78, 5) is 21.6. The lowest BCUT2D eigenvalue weighted by Crippen LogP contribution is -2.48. The molecule has 0 aromatic heterocycles. The van der Waals surface area contributed by atoms with E-state index in [-0.39, 0.29) is 24.3 Å². The summed E-state index contributed by atoms with van der Waals surface area (Å²) < 4.78 is 12.0. The number of aliphatic imine (C=N–C) groups is 1. The monoisotopic (exact) mass is 505 g/mol. The first-order valence-electron chi connectivity index (χ1n) is 12.4. The number of amides is 1. The second-order valence-corrected chi connectivity index (χ2v) is 10.1. The molecule has 0 aliphatic carbocycles. The molecule has 1 aliphatic heterocycles. The van der Waals surface area contributed by atoms with E-state index >= 15 is 0 Å². The smallest absolute Gasteiger partial charge is 0.252 e. The summed E-state index contributed by atoms with van der Waals surface area (Å²) in [5.41, 5.74) is 9.44. The summed E-state index contributed by atoms with van der Waals surface area (Å²) in [6.45, 7) is 11.2. The minimum absolute atomic E-state index is 0.0496. The second kappa shape index (κ2) is 12.4. The topological polar surface area (TPSA) is 129 Å². The first kappa shape index (κ1) is 27.8. The second-order valence-electron chi connectivity index (χ2n) is 10.1. The summed E-state index contributed by atoms with van der Waals surface area (Å²) in [6.07, 6.45) is 2.36. The summed E-state index contributed by atoms with van der Waals surface area (Å²) >= 11 is 0. The highest BCUT2D eigenvalue weighted by Crippen LogP contribution is 2.45. The van der Waals surface area contributed by atoms with Gasteiger partial charge in [0.2, 0.25) is 5.90 Å². The van der Waals surface area contributed by atoms with E-state index in [1.807, 2.05) is 18.2 Å². The van der Waals surface area contributed by atoms with Gasteiger partial charge in [-0.05, 0) is 41.6 Å². The number of hydrogen-bond acceptors (Lipinski definition) is 6. The van der Waals surface area contributed by atoms with E-state index < -0.39 is 11.6 Å². The predicted molar refractivity (Wildman–Crippen MR) is 144 cm³/mol. The molecule has 0 fully saturated rings. The molecule has 37 heavy (non-hydrogen) atoms. The van der Waals surface area contributed by atoms with Crippen molar-refractivity contribution in [3.05, 3.63) is 82.8 Å². The van der Waals surface area contributed by atoms with Gasteiger partial charge < -0.3 is 19.9 Å². The predicted octanol–water partition coefficient (Wildman–Crippen LogP) is 5.78. The molecule has 0 spiro atoms. The zero-order valence-corrected chi connectivity index (χ0v) is 21.7. The van der Waals surface area contributed by atoms with Gasteiger partial charge in [-0.15, -0.1) is 6.58 Å². The minimum atomic E-state index is -1.34. The molecule has 1 heterocycles. The van der Waals surface area contributed by atoms with Crippen molar-refractivity contribution in [1.82, 2.24) is 5.32 Å². The first-order chi connectivity index (χ1) is 17.7. The van der Waals surface area contributed by atoms with Gasteiger partial charge in [0, 0.05) is 47.7 Å². The van der Waals surface area contributed by atoms with Crippen molar-refractivity contribution in [3.63, 3.8) is 0 Å². The van der Waals surface area contributed by atoms with Crippen molar-refractivity contribution in [2.45, 2.75) is 51.7 Å². The number of nitrogens with zero attached hydrogens (tertiary/aromatic N) is 4. The zero-order valence-electron chi connectivity index (χ0n) is 21.7. The van der Waals surface area contributed by atoms with Crippen LogP contribution >= 0.6 is 0 Å². The lowest BCUT2D eigenvalue weighted by atomic mass is 9.83. The normalized spacial score (nSPS) is 18.8. The van der Waals surface area contributed by atoms with Crippen LogP contribution in [-0.4, -0.2) is 42.2 Å². The van der Waals surface area contributed by atoms with Crippen molar-refractivity contribution in [1.29, 1.82) is 0 Å². The van der Waals surface area contributed by atoms with Gasteiger partial charge in [0.1, 0.15) is 5.75 Å². The summed E-state index contributed by atoms with van der Waals surface area (Å²) in [6, 6.07) is 14.2. The van der Waals surface area contributed by atoms with Gasteiger partial charge in [-0.25, -0.2) is 4.99 Å². The molecular weight excluding hydrogens is 470 g/mol. The van der Waals surface area contributed by atoms with E-state index in [1.165, 1.54) is 0 Å². The molecule has 9 heteroatoms. The largest absolute Gasteiger partial charge is 0.494 e. The highest BCUT2D eigenvalue weighted by molar-refractivity contribution is 6.01. The Balaban J connectivity index is 2.02. The SMILES string of the molecule is C=CC[C@@]1(C(=O)NCCC(C)(C)C)N=C(c2ccc(OCCCO)cc2)O[C@@H]1c1ccccc1N=[N+]=[N-]. The quantitative estimate of drug-likeness (QED) is 0.125. The van der Waals surface area contributed by atoms with Crippen LogP contribution in [0.25, 0.3) is 10.4 Å². The molecule has 0 unspecified atom stereocenters. The third kappa shape index (κ3) is 6.90. The zero-order chi connectivity index (χ0) is 26.9. The Morgan fingerprint density at radius 3 is 2.68 bits per heavy atom. The maximum Gasteiger partial charge on any atom is 0.252 e. The number of nitrogens with one attached hydrogen (secondary N) is 1. The average molecular weight is 506 g/mol. The van der Waals surface area contributed by atoms with E-state index in [0.717, 1.165) is 6.42 Å². The molecule has 196 valence electrons. The Morgan fingerprint density at radius 2 is 2.03 bits per heavy atom. The molecule has 1 amide bonds. The molecule has 0 bridgehead atoms. The Morgan fingerprint density at radius 1 is 1.30 bits per heavy atom. The number of carbonyl (C=O) groups is 1. The van der Waals surface area contributed by atoms with Crippen LogP contribution in [0.1, 0.15) is 57.3 Å². The maximum absolute atomic E-state index is 13.8. The molecule has 2 atom stereocenters. The number of hydrogen-bond donors (Lipinski definition) is 2. The standard InChI is InChI=1S/C28H35N5O4/c1-5-15-28(26(35)30-17-16-27(2,3)4)24(22-9-6-7-10-23(22)32-33-29)37-25(31-28)20-11-13-21(14-12-20)36-19-8-18-34/h5-7,9-14,24,34H,1,8,15-19H2,2-4H3,(H,30,35)/t24-,28-/m1/s1. The van der Waals surface area contributed by atoms with E-state index in [9.17, 15) is 4.79 Å². The molecule has 0 saturated carbocycles. The number of aliphatic hydroxyl groups excluding tert-OH is 1. The highest BCUT2D eigenvalue weighted by atomic mass is 16.5. The highest BCUT2D eigenvalue weighted by Gasteiger charge is 2.52. The lowest BCUT2D eigenvalue weighted by molar-refractivity contribution is -0.128. The third-order valence-electron chi connectivity index (χ3n) is 6.02. The van der Waals surface area contributed by atoms with Crippen LogP contribution in [0.4, 0.5) is 5.69 Å². The number of aliphatic hydroxyl groups is 1. The van der Waals surface area contributed by atoms with Gasteiger partial charge in [0.05, 0.1) is 6.61 Å². The number of ether oxygens (including phenoxy) is 2. The Labute approximate surface area is 217 Å². The van der Waals surface area contributed by atoms with Crippen LogP contribution < -0.4 is 10.1 Å². The molecular formula is C28H35N5O4. The number of azide groups is 1. The first-order valence-corrected chi connectivity index (χ1v) is 12.4. The van der Waals surface area contributed by atoms with Crippen LogP contribution in [0.5, 0.6) is 5.75 Å². The van der Waals surface area contributed by atoms with E-state index in [0.29, 0.717) is 48.0 Å². The summed E-state index contributed by atoms with van der Waals surface area (Å²) in [5.74, 6) is 0.671. The fourth-order valence-electron chi connectivity index (χ4n) is 4.06. The van der Waals surface area contributed by atoms with Crippen molar-refractivity contribution in [2.75, 3.05) is 19.8 Å². The van der Waals surface area contributed by atoms with Gasteiger partial charge in [0.25, 0.3) is 5.91 Å². The Kier molecular flexibility index (Phi) is 9.33. The Hall–Kier alpha value is -3.81. The van der Waals surface area contributed by atoms with E-state index in [4.69, 9.17) is 25.1 Å². The van der Waals surface area contributed by atoms with Crippen LogP contribution in [0.15, 0.2) is 71.3 Å². The minimum Gasteiger partial charge on any atom is -0.494 e. The fraction of sp³-hybridized carbons (Fsp3) is 0.429. The molecule has 2 aromatic carbocycles. The van der Waals surface area contributed by atoms with Crippen molar-refractivity contribution >= 4 is 17.5 Å². The van der Waals surface area contributed by atoms with Gasteiger partial charge in [-0.2, -0.15) is 0 Å². The molecule has 1 aliphatic rings. The molecule has 3 rings (SSSR count). The van der Waals surface area contributed by atoms with Crippen molar-refractivity contribution < 1.29 is 19.4 Å².